The summed E-state index contributed by atoms with van der Waals surface area (Å²) in [7, 11) is 0. The zero-order valence-electron chi connectivity index (χ0n) is 17.3. The molecule has 3 N–H and O–H groups in total. The molecule has 0 radical (unpaired) electrons. The molecule has 30 heavy (non-hydrogen) atoms. The second-order valence-electron chi connectivity index (χ2n) is 8.36. The fraction of sp³-hybridized carbons (Fsp3) is 0.545. The first-order chi connectivity index (χ1) is 14.7. The van der Waals surface area contributed by atoms with E-state index in [1.54, 1.807) is 0 Å². The fourth-order valence-electron chi connectivity index (χ4n) is 4.49. The number of carbonyl (C=O) groups excluding carboxylic acids is 1. The van der Waals surface area contributed by atoms with Crippen LogP contribution in [-0.4, -0.2) is 77.6 Å². The first kappa shape index (κ1) is 19.9. The van der Waals surface area contributed by atoms with E-state index in [2.05, 4.69) is 51.7 Å². The molecule has 5 rings (SSSR count). The number of amides is 1. The average Bonchev–Trinajstić information content (AvgIpc) is 3.42. The summed E-state index contributed by atoms with van der Waals surface area (Å²) in [5, 5.41) is 8.88. The van der Waals surface area contributed by atoms with Crippen LogP contribution in [-0.2, 0) is 9.53 Å². The maximum Gasteiger partial charge on any atom is 0.234 e. The number of thioether (sulfide) groups is 1. The summed E-state index contributed by atoms with van der Waals surface area (Å²) in [4.78, 5) is 22.6. The van der Waals surface area contributed by atoms with Gasteiger partial charge in [0.1, 0.15) is 5.04 Å². The lowest BCUT2D eigenvalue weighted by Crippen LogP contribution is -2.53. The second-order valence-corrected chi connectivity index (χ2v) is 9.37. The van der Waals surface area contributed by atoms with Crippen molar-refractivity contribution in [1.82, 2.24) is 15.2 Å². The molecular formula is C22H29N5O2S. The molecule has 4 heterocycles. The number of hydrogen-bond donors (Lipinski definition) is 3. The Labute approximate surface area is 181 Å². The number of nitrogens with one attached hydrogen (secondary N) is 3. The van der Waals surface area contributed by atoms with E-state index in [0.717, 1.165) is 66.8 Å². The van der Waals surface area contributed by atoms with Gasteiger partial charge >= 0.3 is 0 Å². The van der Waals surface area contributed by atoms with Gasteiger partial charge < -0.3 is 20.4 Å². The van der Waals surface area contributed by atoms with Gasteiger partial charge in [0.05, 0.1) is 29.5 Å². The van der Waals surface area contributed by atoms with Gasteiger partial charge in [0, 0.05) is 49.5 Å². The maximum absolute atomic E-state index is 11.7. The minimum Gasteiger partial charge on any atom is -0.381 e. The van der Waals surface area contributed by atoms with E-state index in [-0.39, 0.29) is 18.0 Å². The Morgan fingerprint density at radius 2 is 2.20 bits per heavy atom. The van der Waals surface area contributed by atoms with Gasteiger partial charge in [0.2, 0.25) is 5.91 Å². The summed E-state index contributed by atoms with van der Waals surface area (Å²) in [6, 6.07) is 9.54. The minimum atomic E-state index is 0.114. The van der Waals surface area contributed by atoms with Gasteiger partial charge in [0.25, 0.3) is 0 Å². The van der Waals surface area contributed by atoms with Crippen molar-refractivity contribution in [2.45, 2.75) is 37.9 Å². The number of carbonyl (C=O) groups is 1. The largest absolute Gasteiger partial charge is 0.381 e. The van der Waals surface area contributed by atoms with Crippen molar-refractivity contribution in [3.8, 4) is 0 Å². The zero-order chi connectivity index (χ0) is 20.5. The molecule has 0 bridgehead atoms. The lowest BCUT2D eigenvalue weighted by atomic mass is 10.1. The van der Waals surface area contributed by atoms with Crippen molar-refractivity contribution in [1.29, 1.82) is 0 Å². The number of aromatic nitrogens is 1. The first-order valence-electron chi connectivity index (χ1n) is 10.8. The number of aromatic amines is 1. The fourth-order valence-corrected chi connectivity index (χ4v) is 5.64. The van der Waals surface area contributed by atoms with E-state index in [1.165, 1.54) is 5.39 Å². The third-order valence-electron chi connectivity index (χ3n) is 6.34. The maximum atomic E-state index is 11.7. The van der Waals surface area contributed by atoms with Crippen molar-refractivity contribution in [3.05, 3.63) is 30.0 Å². The number of nitrogens with zero attached hydrogens (tertiary/aromatic N) is 2. The van der Waals surface area contributed by atoms with Gasteiger partial charge in [-0.2, -0.15) is 0 Å². The van der Waals surface area contributed by atoms with E-state index in [1.807, 2.05) is 11.8 Å². The van der Waals surface area contributed by atoms with Gasteiger partial charge in [-0.05, 0) is 31.9 Å². The van der Waals surface area contributed by atoms with Crippen molar-refractivity contribution >= 4 is 39.3 Å². The van der Waals surface area contributed by atoms with Gasteiger partial charge in [-0.1, -0.05) is 12.1 Å². The van der Waals surface area contributed by atoms with Crippen LogP contribution in [0.2, 0.25) is 0 Å². The van der Waals surface area contributed by atoms with Crippen LogP contribution < -0.4 is 10.6 Å². The van der Waals surface area contributed by atoms with E-state index < -0.39 is 0 Å². The Morgan fingerprint density at radius 3 is 3.03 bits per heavy atom. The summed E-state index contributed by atoms with van der Waals surface area (Å²) < 4.78 is 5.48. The average molecular weight is 428 g/mol. The Hall–Kier alpha value is -2.03. The Morgan fingerprint density at radius 1 is 1.33 bits per heavy atom. The standard InChI is InChI=1S/C22H29N5O2S/c1-14(27-8-7-23-20(28)12-27)19-13-30-22(26-19)18-11-15-3-2-4-17(21(15)25-18)24-16-5-9-29-10-6-16/h2-4,11,14,16,19,24-25H,5-10,12-13H2,1H3,(H,23,28). The van der Waals surface area contributed by atoms with Gasteiger partial charge in [-0.15, -0.1) is 11.8 Å². The predicted octanol–water partition coefficient (Wildman–Crippen LogP) is 2.44. The number of para-hydroxylation sites is 1. The Bertz CT molecular complexity index is 952. The topological polar surface area (TPSA) is 81.8 Å². The number of fused-ring (bicyclic) bond motifs is 1. The second kappa shape index (κ2) is 8.61. The monoisotopic (exact) mass is 427 g/mol. The number of aliphatic imine (C=N–C) groups is 1. The molecule has 1 aromatic carbocycles. The highest BCUT2D eigenvalue weighted by Crippen LogP contribution is 2.31. The molecule has 1 amide bonds. The quantitative estimate of drug-likeness (QED) is 0.683. The molecule has 0 spiro atoms. The van der Waals surface area contributed by atoms with Crippen molar-refractivity contribution in [3.63, 3.8) is 0 Å². The lowest BCUT2D eigenvalue weighted by Gasteiger charge is -2.33. The smallest absolute Gasteiger partial charge is 0.234 e. The molecule has 3 aliphatic heterocycles. The molecular weight excluding hydrogens is 398 g/mol. The number of hydrogen-bond acceptors (Lipinski definition) is 6. The number of anilines is 1. The summed E-state index contributed by atoms with van der Waals surface area (Å²) in [6.07, 6.45) is 2.08. The molecule has 2 atom stereocenters. The van der Waals surface area contributed by atoms with Crippen LogP contribution in [0.3, 0.4) is 0 Å². The van der Waals surface area contributed by atoms with Gasteiger partial charge in [-0.3, -0.25) is 14.7 Å². The van der Waals surface area contributed by atoms with Crippen molar-refractivity contribution in [2.24, 2.45) is 4.99 Å². The van der Waals surface area contributed by atoms with Crippen molar-refractivity contribution < 1.29 is 9.53 Å². The molecule has 7 nitrogen and oxygen atoms in total. The highest BCUT2D eigenvalue weighted by atomic mass is 32.2. The lowest BCUT2D eigenvalue weighted by molar-refractivity contribution is -0.124. The van der Waals surface area contributed by atoms with E-state index in [0.29, 0.717) is 12.6 Å². The SMILES string of the molecule is CC(C1CSC(c2cc3cccc(NC4CCOCC4)c3[nH]2)=N1)N1CCNC(=O)C1. The minimum absolute atomic E-state index is 0.114. The molecule has 2 unspecified atom stereocenters. The van der Waals surface area contributed by atoms with Crippen LogP contribution in [0.1, 0.15) is 25.5 Å². The van der Waals surface area contributed by atoms with Crippen LogP contribution >= 0.6 is 11.8 Å². The molecule has 0 saturated carbocycles. The van der Waals surface area contributed by atoms with Crippen LogP contribution in [0.25, 0.3) is 10.9 Å². The third kappa shape index (κ3) is 4.08. The van der Waals surface area contributed by atoms with Crippen LogP contribution in [0, 0.1) is 0 Å². The third-order valence-corrected chi connectivity index (χ3v) is 7.45. The highest BCUT2D eigenvalue weighted by molar-refractivity contribution is 8.14. The number of benzene rings is 1. The first-order valence-corrected chi connectivity index (χ1v) is 11.8. The number of ether oxygens (including phenoxy) is 1. The molecule has 0 aliphatic carbocycles. The molecule has 2 aromatic rings. The summed E-state index contributed by atoms with van der Waals surface area (Å²) >= 11 is 1.81. The molecule has 2 saturated heterocycles. The van der Waals surface area contributed by atoms with E-state index >= 15 is 0 Å². The van der Waals surface area contributed by atoms with E-state index in [9.17, 15) is 4.79 Å². The Balaban J connectivity index is 1.34. The molecule has 8 heteroatoms. The molecule has 2 fully saturated rings. The molecule has 3 aliphatic rings. The van der Waals surface area contributed by atoms with Crippen LogP contribution in [0.5, 0.6) is 0 Å². The summed E-state index contributed by atoms with van der Waals surface area (Å²) in [5.41, 5.74) is 3.38. The highest BCUT2D eigenvalue weighted by Gasteiger charge is 2.31. The molecule has 1 aromatic heterocycles. The summed E-state index contributed by atoms with van der Waals surface area (Å²) in [6.45, 7) is 5.94. The number of piperazine rings is 1. The van der Waals surface area contributed by atoms with Crippen LogP contribution in [0.4, 0.5) is 5.69 Å². The normalized spacial score (nSPS) is 24.6. The molecule has 160 valence electrons. The predicted molar refractivity (Wildman–Crippen MR) is 123 cm³/mol. The van der Waals surface area contributed by atoms with E-state index in [4.69, 9.17) is 9.73 Å². The summed E-state index contributed by atoms with van der Waals surface area (Å²) in [5.74, 6) is 1.07. The number of H-pyrrole nitrogens is 1. The van der Waals surface area contributed by atoms with Gasteiger partial charge in [-0.25, -0.2) is 0 Å². The van der Waals surface area contributed by atoms with Gasteiger partial charge in [0.15, 0.2) is 0 Å². The number of rotatable bonds is 5. The van der Waals surface area contributed by atoms with Crippen molar-refractivity contribution in [2.75, 3.05) is 43.9 Å². The zero-order valence-corrected chi connectivity index (χ0v) is 18.1. The Kier molecular flexibility index (Phi) is 5.71. The van der Waals surface area contributed by atoms with Crippen LogP contribution in [0.15, 0.2) is 29.3 Å².